The molecule has 7 nitrogen and oxygen atoms in total. The molecule has 2 heterocycles. The molecular formula is C19H24N4O3. The Kier molecular flexibility index (Phi) is 5.55. The van der Waals surface area contributed by atoms with E-state index in [9.17, 15) is 9.59 Å². The van der Waals surface area contributed by atoms with Crippen molar-refractivity contribution in [2.45, 2.75) is 13.5 Å². The van der Waals surface area contributed by atoms with Crippen LogP contribution in [-0.4, -0.2) is 64.7 Å². The summed E-state index contributed by atoms with van der Waals surface area (Å²) in [5.74, 6) is 0.599. The second kappa shape index (κ2) is 8.03. The van der Waals surface area contributed by atoms with Gasteiger partial charge in [0, 0.05) is 44.1 Å². The highest BCUT2D eigenvalue weighted by molar-refractivity contribution is 5.94. The van der Waals surface area contributed by atoms with Gasteiger partial charge in [-0.1, -0.05) is 13.0 Å². The van der Waals surface area contributed by atoms with Crippen molar-refractivity contribution < 1.29 is 14.3 Å². The summed E-state index contributed by atoms with van der Waals surface area (Å²) in [5, 5.41) is 4.15. The van der Waals surface area contributed by atoms with Crippen LogP contribution < -0.4 is 4.74 Å². The Morgan fingerprint density at radius 2 is 1.88 bits per heavy atom. The molecule has 0 aliphatic carbocycles. The van der Waals surface area contributed by atoms with Crippen molar-refractivity contribution in [2.75, 3.05) is 33.3 Å². The molecule has 0 spiro atoms. The number of nitrogens with zero attached hydrogens (tertiary/aromatic N) is 4. The van der Waals surface area contributed by atoms with Gasteiger partial charge in [0.1, 0.15) is 5.75 Å². The first-order chi connectivity index (χ1) is 12.6. The first-order valence-electron chi connectivity index (χ1n) is 8.78. The van der Waals surface area contributed by atoms with E-state index in [0.717, 1.165) is 0 Å². The molecule has 2 amide bonds. The number of aromatic nitrogens is 2. The molecule has 1 aromatic heterocycles. The van der Waals surface area contributed by atoms with Gasteiger partial charge in [0.05, 0.1) is 19.6 Å². The lowest BCUT2D eigenvalue weighted by Gasteiger charge is -2.36. The standard InChI is InChI=1S/C19H24N4O3/c1-15(14-23-8-4-7-20-23)18(24)21-9-11-22(12-10-21)19(25)16-5-3-6-17(13-16)26-2/h3-8,13,15H,9-12,14H2,1-2H3. The average Bonchev–Trinajstić information content (AvgIpc) is 3.20. The fourth-order valence-corrected chi connectivity index (χ4v) is 3.15. The number of amides is 2. The lowest BCUT2D eigenvalue weighted by molar-refractivity contribution is -0.137. The Labute approximate surface area is 153 Å². The van der Waals surface area contributed by atoms with Crippen LogP contribution in [0.5, 0.6) is 5.75 Å². The Morgan fingerprint density at radius 3 is 2.54 bits per heavy atom. The van der Waals surface area contributed by atoms with Gasteiger partial charge in [0.2, 0.25) is 5.91 Å². The number of carbonyl (C=O) groups is 2. The summed E-state index contributed by atoms with van der Waals surface area (Å²) in [6.07, 6.45) is 3.56. The molecule has 1 fully saturated rings. The van der Waals surface area contributed by atoms with Gasteiger partial charge >= 0.3 is 0 Å². The highest BCUT2D eigenvalue weighted by Gasteiger charge is 2.27. The van der Waals surface area contributed by atoms with Gasteiger partial charge in [0.15, 0.2) is 0 Å². The molecule has 138 valence electrons. The largest absolute Gasteiger partial charge is 0.497 e. The molecule has 0 saturated carbocycles. The number of hydrogen-bond donors (Lipinski definition) is 0. The number of ether oxygens (including phenoxy) is 1. The van der Waals surface area contributed by atoms with E-state index in [1.54, 1.807) is 35.0 Å². The highest BCUT2D eigenvalue weighted by Crippen LogP contribution is 2.16. The normalized spacial score (nSPS) is 15.6. The van der Waals surface area contributed by atoms with Crippen LogP contribution in [0.15, 0.2) is 42.7 Å². The molecule has 1 aliphatic heterocycles. The van der Waals surface area contributed by atoms with Gasteiger partial charge < -0.3 is 14.5 Å². The zero-order valence-electron chi connectivity index (χ0n) is 15.2. The summed E-state index contributed by atoms with van der Waals surface area (Å²) in [6.45, 7) is 4.66. The van der Waals surface area contributed by atoms with Crippen molar-refractivity contribution >= 4 is 11.8 Å². The minimum atomic E-state index is -0.143. The quantitative estimate of drug-likeness (QED) is 0.814. The number of rotatable bonds is 5. The first kappa shape index (κ1) is 18.0. The SMILES string of the molecule is COc1cccc(C(=O)N2CCN(C(=O)C(C)Cn3cccn3)CC2)c1. The third-order valence-corrected chi connectivity index (χ3v) is 4.64. The second-order valence-corrected chi connectivity index (χ2v) is 6.48. The van der Waals surface area contributed by atoms with E-state index in [4.69, 9.17) is 4.74 Å². The monoisotopic (exact) mass is 356 g/mol. The minimum absolute atomic E-state index is 0.0272. The summed E-state index contributed by atoms with van der Waals surface area (Å²) >= 11 is 0. The maximum atomic E-state index is 12.6. The number of hydrogen-bond acceptors (Lipinski definition) is 4. The van der Waals surface area contributed by atoms with Gasteiger partial charge in [0.25, 0.3) is 5.91 Å². The zero-order chi connectivity index (χ0) is 18.5. The van der Waals surface area contributed by atoms with Gasteiger partial charge in [-0.25, -0.2) is 0 Å². The number of carbonyl (C=O) groups excluding carboxylic acids is 2. The molecule has 3 rings (SSSR count). The molecule has 0 radical (unpaired) electrons. The summed E-state index contributed by atoms with van der Waals surface area (Å²) < 4.78 is 6.95. The molecule has 1 unspecified atom stereocenters. The van der Waals surface area contributed by atoms with Crippen molar-refractivity contribution in [3.63, 3.8) is 0 Å². The molecule has 7 heteroatoms. The second-order valence-electron chi connectivity index (χ2n) is 6.48. The number of benzene rings is 1. The van der Waals surface area contributed by atoms with Crippen molar-refractivity contribution in [1.82, 2.24) is 19.6 Å². The maximum Gasteiger partial charge on any atom is 0.254 e. The van der Waals surface area contributed by atoms with Crippen molar-refractivity contribution in [3.05, 3.63) is 48.3 Å². The zero-order valence-corrected chi connectivity index (χ0v) is 15.2. The Hall–Kier alpha value is -2.83. The van der Waals surface area contributed by atoms with Crippen LogP contribution in [0.2, 0.25) is 0 Å². The molecule has 1 saturated heterocycles. The predicted molar refractivity (Wildman–Crippen MR) is 96.9 cm³/mol. The third-order valence-electron chi connectivity index (χ3n) is 4.64. The molecule has 1 aromatic carbocycles. The first-order valence-corrected chi connectivity index (χ1v) is 8.78. The molecule has 1 aliphatic rings. The van der Waals surface area contributed by atoms with Crippen LogP contribution in [0.4, 0.5) is 0 Å². The average molecular weight is 356 g/mol. The van der Waals surface area contributed by atoms with Crippen LogP contribution in [0, 0.1) is 5.92 Å². The summed E-state index contributed by atoms with van der Waals surface area (Å²) in [6, 6.07) is 9.00. The van der Waals surface area contributed by atoms with E-state index >= 15 is 0 Å². The van der Waals surface area contributed by atoms with Gasteiger partial charge in [-0.15, -0.1) is 0 Å². The molecule has 0 N–H and O–H groups in total. The van der Waals surface area contributed by atoms with Gasteiger partial charge in [-0.3, -0.25) is 14.3 Å². The Bertz CT molecular complexity index is 752. The molecular weight excluding hydrogens is 332 g/mol. The Balaban J connectivity index is 1.54. The predicted octanol–water partition coefficient (Wildman–Crippen LogP) is 1.51. The molecule has 1 atom stereocenters. The number of methoxy groups -OCH3 is 1. The van der Waals surface area contributed by atoms with Crippen LogP contribution in [0.3, 0.4) is 0 Å². The van der Waals surface area contributed by atoms with E-state index in [2.05, 4.69) is 5.10 Å². The summed E-state index contributed by atoms with van der Waals surface area (Å²) in [4.78, 5) is 28.9. The summed E-state index contributed by atoms with van der Waals surface area (Å²) in [7, 11) is 1.58. The van der Waals surface area contributed by atoms with Crippen LogP contribution >= 0.6 is 0 Å². The van der Waals surface area contributed by atoms with Gasteiger partial charge in [-0.05, 0) is 24.3 Å². The fraction of sp³-hybridized carbons (Fsp3) is 0.421. The smallest absolute Gasteiger partial charge is 0.254 e. The van der Waals surface area contributed by atoms with E-state index in [1.165, 1.54) is 0 Å². The van der Waals surface area contributed by atoms with E-state index in [-0.39, 0.29) is 17.7 Å². The topological polar surface area (TPSA) is 67.7 Å². The van der Waals surface area contributed by atoms with E-state index < -0.39 is 0 Å². The van der Waals surface area contributed by atoms with Crippen molar-refractivity contribution in [1.29, 1.82) is 0 Å². The maximum absolute atomic E-state index is 12.6. The lowest BCUT2D eigenvalue weighted by atomic mass is 10.1. The molecule has 26 heavy (non-hydrogen) atoms. The summed E-state index contributed by atoms with van der Waals surface area (Å²) in [5.41, 5.74) is 0.608. The van der Waals surface area contributed by atoms with Crippen molar-refractivity contribution in [2.24, 2.45) is 5.92 Å². The lowest BCUT2D eigenvalue weighted by Crippen LogP contribution is -2.52. The van der Waals surface area contributed by atoms with Gasteiger partial charge in [-0.2, -0.15) is 5.10 Å². The molecule has 0 bridgehead atoms. The highest BCUT2D eigenvalue weighted by atomic mass is 16.5. The minimum Gasteiger partial charge on any atom is -0.497 e. The Morgan fingerprint density at radius 1 is 1.15 bits per heavy atom. The van der Waals surface area contributed by atoms with Crippen LogP contribution in [-0.2, 0) is 11.3 Å². The molecule has 2 aromatic rings. The fourth-order valence-electron chi connectivity index (χ4n) is 3.15. The van der Waals surface area contributed by atoms with Crippen LogP contribution in [0.1, 0.15) is 17.3 Å². The van der Waals surface area contributed by atoms with Crippen LogP contribution in [0.25, 0.3) is 0 Å². The third kappa shape index (κ3) is 4.04. The van der Waals surface area contributed by atoms with E-state index in [1.807, 2.05) is 36.2 Å². The number of piperazine rings is 1. The van der Waals surface area contributed by atoms with Crippen molar-refractivity contribution in [3.8, 4) is 5.75 Å². The van der Waals surface area contributed by atoms with E-state index in [0.29, 0.717) is 44.0 Å².